The van der Waals surface area contributed by atoms with Gasteiger partial charge in [0, 0.05) is 50.9 Å². The Balaban J connectivity index is 1.47. The van der Waals surface area contributed by atoms with Crippen LogP contribution in [0.15, 0.2) is 35.0 Å². The van der Waals surface area contributed by atoms with Gasteiger partial charge in [0.25, 0.3) is 0 Å². The molecule has 2 aromatic rings. The molecule has 1 unspecified atom stereocenters. The first kappa shape index (κ1) is 21.2. The van der Waals surface area contributed by atoms with Crippen molar-refractivity contribution in [3.8, 4) is 6.07 Å². The van der Waals surface area contributed by atoms with E-state index in [1.807, 2.05) is 4.90 Å². The molecular weight excluding hydrogens is 411 g/mol. The number of hydrogen-bond donors (Lipinski definition) is 1. The Hall–Kier alpha value is -2.08. The maximum absolute atomic E-state index is 13.3. The van der Waals surface area contributed by atoms with Crippen LogP contribution in [0.3, 0.4) is 0 Å². The van der Waals surface area contributed by atoms with E-state index in [-0.39, 0.29) is 23.5 Å². The topological polar surface area (TPSA) is 50.5 Å². The monoisotopic (exact) mass is 435 g/mol. The van der Waals surface area contributed by atoms with Crippen molar-refractivity contribution in [3.05, 3.63) is 51.7 Å². The fraction of sp³-hybridized carbons (Fsp3) is 0.500. The van der Waals surface area contributed by atoms with E-state index in [4.69, 9.17) is 5.26 Å². The fourth-order valence-electron chi connectivity index (χ4n) is 4.99. The second-order valence-corrected chi connectivity index (χ2v) is 9.15. The molecule has 4 rings (SSSR count). The molecule has 0 amide bonds. The molecule has 2 saturated heterocycles. The summed E-state index contributed by atoms with van der Waals surface area (Å²) in [6, 6.07) is 7.72. The minimum atomic E-state index is -4.55. The Morgan fingerprint density at radius 2 is 2.00 bits per heavy atom. The predicted octanol–water partition coefficient (Wildman–Crippen LogP) is 4.35. The number of thiophene rings is 1. The van der Waals surface area contributed by atoms with Crippen LogP contribution < -0.4 is 4.90 Å². The van der Waals surface area contributed by atoms with Crippen LogP contribution in [0, 0.1) is 22.7 Å². The van der Waals surface area contributed by atoms with Gasteiger partial charge in [-0.05, 0) is 58.8 Å². The third-order valence-corrected chi connectivity index (χ3v) is 7.38. The third-order valence-electron chi connectivity index (χ3n) is 6.64. The standard InChI is InChI=1S/C22H24F3N3OS/c23-22(24,25)20-9-19(2-1-17(20)10-26)28-6-4-21(5-7-28)15-27(12-18(21)13-29)11-16-3-8-30-14-16/h1-3,8-9,14,18,29H,4-7,11-13,15H2. The van der Waals surface area contributed by atoms with E-state index in [2.05, 4.69) is 21.7 Å². The fourth-order valence-corrected chi connectivity index (χ4v) is 5.65. The van der Waals surface area contributed by atoms with Crippen LogP contribution in [0.2, 0.25) is 0 Å². The number of anilines is 1. The van der Waals surface area contributed by atoms with Gasteiger partial charge in [0.15, 0.2) is 0 Å². The number of alkyl halides is 3. The number of rotatable bonds is 4. The Kier molecular flexibility index (Phi) is 5.80. The lowest BCUT2D eigenvalue weighted by Gasteiger charge is -2.43. The van der Waals surface area contributed by atoms with Crippen molar-refractivity contribution in [2.75, 3.05) is 37.7 Å². The van der Waals surface area contributed by atoms with E-state index in [0.717, 1.165) is 38.5 Å². The van der Waals surface area contributed by atoms with Crippen molar-refractivity contribution in [1.82, 2.24) is 4.90 Å². The molecule has 2 aliphatic rings. The van der Waals surface area contributed by atoms with E-state index >= 15 is 0 Å². The van der Waals surface area contributed by atoms with Crippen LogP contribution in [-0.2, 0) is 12.7 Å². The van der Waals surface area contributed by atoms with Crippen molar-refractivity contribution in [3.63, 3.8) is 0 Å². The molecule has 8 heteroatoms. The molecule has 2 aliphatic heterocycles. The quantitative estimate of drug-likeness (QED) is 0.776. The molecule has 4 nitrogen and oxygen atoms in total. The molecule has 0 radical (unpaired) electrons. The predicted molar refractivity (Wildman–Crippen MR) is 110 cm³/mol. The molecule has 1 aromatic carbocycles. The summed E-state index contributed by atoms with van der Waals surface area (Å²) in [7, 11) is 0. The van der Waals surface area contributed by atoms with Gasteiger partial charge in [-0.3, -0.25) is 4.90 Å². The molecule has 160 valence electrons. The summed E-state index contributed by atoms with van der Waals surface area (Å²) >= 11 is 1.68. The zero-order chi connectivity index (χ0) is 21.4. The average molecular weight is 436 g/mol. The maximum atomic E-state index is 13.3. The number of aliphatic hydroxyl groups is 1. The molecule has 0 aliphatic carbocycles. The molecule has 30 heavy (non-hydrogen) atoms. The van der Waals surface area contributed by atoms with Crippen LogP contribution in [0.4, 0.5) is 18.9 Å². The molecular formula is C22H24F3N3OS. The number of hydrogen-bond acceptors (Lipinski definition) is 5. The van der Waals surface area contributed by atoms with Gasteiger partial charge in [0.05, 0.1) is 17.2 Å². The van der Waals surface area contributed by atoms with Crippen LogP contribution in [0.25, 0.3) is 0 Å². The zero-order valence-electron chi connectivity index (χ0n) is 16.5. The van der Waals surface area contributed by atoms with Gasteiger partial charge in [0.1, 0.15) is 0 Å². The van der Waals surface area contributed by atoms with E-state index in [9.17, 15) is 18.3 Å². The average Bonchev–Trinajstić information content (AvgIpc) is 3.35. The van der Waals surface area contributed by atoms with Crippen LogP contribution >= 0.6 is 11.3 Å². The molecule has 3 heterocycles. The summed E-state index contributed by atoms with van der Waals surface area (Å²) in [5, 5.41) is 23.2. The zero-order valence-corrected chi connectivity index (χ0v) is 17.3. The van der Waals surface area contributed by atoms with Crippen molar-refractivity contribution in [1.29, 1.82) is 5.26 Å². The van der Waals surface area contributed by atoms with E-state index < -0.39 is 11.7 Å². The summed E-state index contributed by atoms with van der Waals surface area (Å²) in [5.74, 6) is 0.185. The SMILES string of the molecule is N#Cc1ccc(N2CCC3(CC2)CN(Cc2ccsc2)CC3CO)cc1C(F)(F)F. The number of likely N-dealkylation sites (tertiary alicyclic amines) is 1. The highest BCUT2D eigenvalue weighted by atomic mass is 32.1. The first-order chi connectivity index (χ1) is 14.3. The molecule has 0 saturated carbocycles. The minimum absolute atomic E-state index is 0.000718. The molecule has 1 aromatic heterocycles. The Bertz CT molecular complexity index is 915. The van der Waals surface area contributed by atoms with Gasteiger partial charge < -0.3 is 10.0 Å². The summed E-state index contributed by atoms with van der Waals surface area (Å²) < 4.78 is 39.9. The van der Waals surface area contributed by atoms with E-state index in [1.54, 1.807) is 23.5 Å². The Morgan fingerprint density at radius 1 is 1.23 bits per heavy atom. The van der Waals surface area contributed by atoms with Gasteiger partial charge in [0.2, 0.25) is 0 Å². The van der Waals surface area contributed by atoms with Gasteiger partial charge >= 0.3 is 6.18 Å². The number of nitriles is 1. The lowest BCUT2D eigenvalue weighted by molar-refractivity contribution is -0.137. The van der Waals surface area contributed by atoms with Gasteiger partial charge in [-0.1, -0.05) is 0 Å². The third kappa shape index (κ3) is 4.07. The smallest absolute Gasteiger partial charge is 0.396 e. The highest BCUT2D eigenvalue weighted by Gasteiger charge is 2.47. The number of aliphatic hydroxyl groups excluding tert-OH is 1. The Morgan fingerprint density at radius 3 is 2.60 bits per heavy atom. The molecule has 1 N–H and O–H groups in total. The molecule has 1 spiro atoms. The van der Waals surface area contributed by atoms with Crippen molar-refractivity contribution >= 4 is 17.0 Å². The Labute approximate surface area is 178 Å². The van der Waals surface area contributed by atoms with Gasteiger partial charge in [-0.25, -0.2) is 0 Å². The van der Waals surface area contributed by atoms with Crippen LogP contribution in [0.5, 0.6) is 0 Å². The highest BCUT2D eigenvalue weighted by Crippen LogP contribution is 2.46. The minimum Gasteiger partial charge on any atom is -0.396 e. The molecule has 2 fully saturated rings. The molecule has 0 bridgehead atoms. The summed E-state index contributed by atoms with van der Waals surface area (Å²) in [6.07, 6.45) is -2.88. The van der Waals surface area contributed by atoms with Crippen molar-refractivity contribution < 1.29 is 18.3 Å². The summed E-state index contributed by atoms with van der Waals surface area (Å²) in [6.45, 7) is 4.05. The number of halogens is 3. The lowest BCUT2D eigenvalue weighted by atomic mass is 9.71. The second-order valence-electron chi connectivity index (χ2n) is 8.37. The first-order valence-corrected chi connectivity index (χ1v) is 11.0. The summed E-state index contributed by atoms with van der Waals surface area (Å²) in [4.78, 5) is 4.36. The normalized spacial score (nSPS) is 21.8. The highest BCUT2D eigenvalue weighted by molar-refractivity contribution is 7.07. The second kappa shape index (κ2) is 8.22. The summed E-state index contributed by atoms with van der Waals surface area (Å²) in [5.41, 5.74) is 0.563. The lowest BCUT2D eigenvalue weighted by Crippen LogP contribution is -2.45. The van der Waals surface area contributed by atoms with Crippen molar-refractivity contribution in [2.45, 2.75) is 25.6 Å². The van der Waals surface area contributed by atoms with Crippen LogP contribution in [0.1, 0.15) is 29.5 Å². The van der Waals surface area contributed by atoms with E-state index in [1.165, 1.54) is 11.6 Å². The number of piperidine rings is 1. The number of nitrogens with zero attached hydrogens (tertiary/aromatic N) is 3. The van der Waals surface area contributed by atoms with Crippen LogP contribution in [-0.4, -0.2) is 42.8 Å². The largest absolute Gasteiger partial charge is 0.417 e. The van der Waals surface area contributed by atoms with E-state index in [0.29, 0.717) is 18.8 Å². The first-order valence-electron chi connectivity index (χ1n) is 10.1. The van der Waals surface area contributed by atoms with Gasteiger partial charge in [-0.2, -0.15) is 29.8 Å². The van der Waals surface area contributed by atoms with Gasteiger partial charge in [-0.15, -0.1) is 0 Å². The molecule has 1 atom stereocenters. The van der Waals surface area contributed by atoms with Crippen molar-refractivity contribution in [2.24, 2.45) is 11.3 Å². The number of benzene rings is 1. The maximum Gasteiger partial charge on any atom is 0.417 e.